The molecule has 2 aromatic heterocycles. The van der Waals surface area contributed by atoms with E-state index in [4.69, 9.17) is 0 Å². The zero-order valence-electron chi connectivity index (χ0n) is 20.2. The van der Waals surface area contributed by atoms with Crippen LogP contribution < -0.4 is 16.0 Å². The van der Waals surface area contributed by atoms with Crippen LogP contribution >= 0.6 is 0 Å². The van der Waals surface area contributed by atoms with Gasteiger partial charge in [-0.1, -0.05) is 25.8 Å². The lowest BCUT2D eigenvalue weighted by atomic mass is 9.96. The molecule has 0 aliphatic heterocycles. The number of pyridine rings is 1. The molecule has 2 amide bonds. The van der Waals surface area contributed by atoms with E-state index in [1.807, 2.05) is 0 Å². The second kappa shape index (κ2) is 10.7. The molecule has 0 spiro atoms. The fraction of sp³-hybridized carbons (Fsp3) is 0.385. The van der Waals surface area contributed by atoms with E-state index < -0.39 is 11.9 Å². The lowest BCUT2D eigenvalue weighted by Gasteiger charge is -2.21. The SMILES string of the molecule is Cc1cc(Nc2cccc(C(=O)N[C@@H](CC3CCC(C)C3)C(=O)Nc3cnn(C)c3)c2)c(F)cn1. The summed E-state index contributed by atoms with van der Waals surface area (Å²) in [6, 6.07) is 7.68. The van der Waals surface area contributed by atoms with Gasteiger partial charge in [0, 0.05) is 30.2 Å². The normalized spacial score (nSPS) is 18.2. The van der Waals surface area contributed by atoms with Crippen molar-refractivity contribution in [1.29, 1.82) is 0 Å². The Morgan fingerprint density at radius 2 is 2.03 bits per heavy atom. The fourth-order valence-corrected chi connectivity index (χ4v) is 4.59. The Morgan fingerprint density at radius 1 is 1.20 bits per heavy atom. The molecule has 1 aliphatic carbocycles. The first-order valence-corrected chi connectivity index (χ1v) is 11.9. The zero-order valence-corrected chi connectivity index (χ0v) is 20.2. The minimum Gasteiger partial charge on any atom is -0.353 e. The molecule has 3 N–H and O–H groups in total. The molecule has 3 aromatic rings. The summed E-state index contributed by atoms with van der Waals surface area (Å²) < 4.78 is 15.7. The molecule has 8 nitrogen and oxygen atoms in total. The van der Waals surface area contributed by atoms with Gasteiger partial charge < -0.3 is 16.0 Å². The Bertz CT molecular complexity index is 1210. The Kier molecular flexibility index (Phi) is 7.43. The monoisotopic (exact) mass is 478 g/mol. The Labute approximate surface area is 204 Å². The van der Waals surface area contributed by atoms with Crippen LogP contribution in [0.25, 0.3) is 0 Å². The molecule has 9 heteroatoms. The molecule has 1 fully saturated rings. The van der Waals surface area contributed by atoms with Crippen LogP contribution in [0.2, 0.25) is 0 Å². The van der Waals surface area contributed by atoms with Gasteiger partial charge in [0.1, 0.15) is 6.04 Å². The number of nitrogens with one attached hydrogen (secondary N) is 3. The van der Waals surface area contributed by atoms with Gasteiger partial charge in [-0.25, -0.2) is 4.39 Å². The van der Waals surface area contributed by atoms with E-state index in [2.05, 4.69) is 33.0 Å². The molecular weight excluding hydrogens is 447 g/mol. The second-order valence-electron chi connectivity index (χ2n) is 9.45. The number of aryl methyl sites for hydroxylation is 2. The smallest absolute Gasteiger partial charge is 0.252 e. The number of rotatable bonds is 8. The summed E-state index contributed by atoms with van der Waals surface area (Å²) in [7, 11) is 1.77. The van der Waals surface area contributed by atoms with Crippen molar-refractivity contribution in [3.8, 4) is 0 Å². The number of halogens is 1. The van der Waals surface area contributed by atoms with Gasteiger partial charge >= 0.3 is 0 Å². The third-order valence-corrected chi connectivity index (χ3v) is 6.36. The molecule has 2 unspecified atom stereocenters. The van der Waals surface area contributed by atoms with Gasteiger partial charge in [-0.05, 0) is 55.9 Å². The van der Waals surface area contributed by atoms with Crippen molar-refractivity contribution in [2.75, 3.05) is 10.6 Å². The van der Waals surface area contributed by atoms with Gasteiger partial charge in [0.2, 0.25) is 5.91 Å². The lowest BCUT2D eigenvalue weighted by molar-refractivity contribution is -0.118. The van der Waals surface area contributed by atoms with Crippen LogP contribution in [0.4, 0.5) is 21.5 Å². The Morgan fingerprint density at radius 3 is 2.74 bits per heavy atom. The molecule has 35 heavy (non-hydrogen) atoms. The highest BCUT2D eigenvalue weighted by Crippen LogP contribution is 2.33. The summed E-state index contributed by atoms with van der Waals surface area (Å²) in [4.78, 5) is 30.2. The topological polar surface area (TPSA) is 101 Å². The standard InChI is InChI=1S/C26H31FN6O2/c1-16-7-8-18(9-16)11-24(26(35)31-21-13-29-33(3)15-21)32-25(34)19-5-4-6-20(12-19)30-23-10-17(2)28-14-22(23)27/h4-6,10,12-16,18,24H,7-9,11H2,1-3H3,(H,28,30)(H,31,35)(H,32,34)/t16?,18?,24-/m0/s1. The fourth-order valence-electron chi connectivity index (χ4n) is 4.59. The molecule has 4 rings (SSSR count). The predicted molar refractivity (Wildman–Crippen MR) is 133 cm³/mol. The highest BCUT2D eigenvalue weighted by molar-refractivity contribution is 6.01. The van der Waals surface area contributed by atoms with Crippen molar-refractivity contribution >= 4 is 28.9 Å². The molecule has 3 atom stereocenters. The molecule has 0 bridgehead atoms. The molecule has 2 heterocycles. The second-order valence-corrected chi connectivity index (χ2v) is 9.45. The van der Waals surface area contributed by atoms with Crippen LogP contribution in [-0.2, 0) is 11.8 Å². The van der Waals surface area contributed by atoms with Crippen LogP contribution in [0.3, 0.4) is 0 Å². The average molecular weight is 479 g/mol. The number of amides is 2. The average Bonchev–Trinajstić information content (AvgIpc) is 3.43. The van der Waals surface area contributed by atoms with Gasteiger partial charge in [-0.15, -0.1) is 0 Å². The van der Waals surface area contributed by atoms with Crippen LogP contribution in [0, 0.1) is 24.6 Å². The molecule has 0 saturated heterocycles. The quantitative estimate of drug-likeness (QED) is 0.440. The summed E-state index contributed by atoms with van der Waals surface area (Å²) in [6.45, 7) is 3.99. The minimum absolute atomic E-state index is 0.269. The number of anilines is 3. The Hall–Kier alpha value is -3.75. The molecule has 1 saturated carbocycles. The van der Waals surface area contributed by atoms with Crippen molar-refractivity contribution in [3.05, 3.63) is 66.0 Å². The highest BCUT2D eigenvalue weighted by atomic mass is 19.1. The van der Waals surface area contributed by atoms with Crippen LogP contribution in [0.5, 0.6) is 0 Å². The summed E-state index contributed by atoms with van der Waals surface area (Å²) in [5, 5.41) is 12.9. The van der Waals surface area contributed by atoms with Gasteiger partial charge in [0.05, 0.1) is 23.8 Å². The van der Waals surface area contributed by atoms with E-state index >= 15 is 0 Å². The molecule has 1 aromatic carbocycles. The largest absolute Gasteiger partial charge is 0.353 e. The molecule has 0 radical (unpaired) electrons. The summed E-state index contributed by atoms with van der Waals surface area (Å²) in [6.07, 6.45) is 8.24. The van der Waals surface area contributed by atoms with Gasteiger partial charge in [-0.3, -0.25) is 19.3 Å². The van der Waals surface area contributed by atoms with E-state index in [9.17, 15) is 14.0 Å². The van der Waals surface area contributed by atoms with Gasteiger partial charge in [0.25, 0.3) is 5.91 Å². The van der Waals surface area contributed by atoms with Gasteiger partial charge in [0.15, 0.2) is 5.82 Å². The first-order chi connectivity index (χ1) is 16.8. The summed E-state index contributed by atoms with van der Waals surface area (Å²) in [5.74, 6) is -0.117. The number of aromatic nitrogens is 3. The van der Waals surface area contributed by atoms with E-state index in [0.29, 0.717) is 40.9 Å². The highest BCUT2D eigenvalue weighted by Gasteiger charge is 2.29. The molecule has 184 valence electrons. The number of carbonyl (C=O) groups is 2. The Balaban J connectivity index is 1.48. The predicted octanol–water partition coefficient (Wildman–Crippen LogP) is 4.57. The van der Waals surface area contributed by atoms with Crippen molar-refractivity contribution in [1.82, 2.24) is 20.1 Å². The van der Waals surface area contributed by atoms with Crippen molar-refractivity contribution in [2.24, 2.45) is 18.9 Å². The van der Waals surface area contributed by atoms with Crippen LogP contribution in [-0.4, -0.2) is 32.6 Å². The first-order valence-electron chi connectivity index (χ1n) is 11.9. The number of carbonyl (C=O) groups excluding carboxylic acids is 2. The third-order valence-electron chi connectivity index (χ3n) is 6.36. The minimum atomic E-state index is -0.685. The molecular formula is C26H31FN6O2. The van der Waals surface area contributed by atoms with E-state index in [0.717, 1.165) is 25.5 Å². The summed E-state index contributed by atoms with van der Waals surface area (Å²) in [5.41, 5.74) is 2.46. The van der Waals surface area contributed by atoms with E-state index in [1.54, 1.807) is 61.4 Å². The van der Waals surface area contributed by atoms with Crippen molar-refractivity contribution in [2.45, 2.75) is 45.6 Å². The van der Waals surface area contributed by atoms with Crippen molar-refractivity contribution < 1.29 is 14.0 Å². The maximum atomic E-state index is 14.1. The lowest BCUT2D eigenvalue weighted by Crippen LogP contribution is -2.44. The first kappa shape index (κ1) is 24.4. The third kappa shape index (κ3) is 6.44. The maximum Gasteiger partial charge on any atom is 0.252 e. The van der Waals surface area contributed by atoms with Crippen molar-refractivity contribution in [3.63, 3.8) is 0 Å². The van der Waals surface area contributed by atoms with E-state index in [1.165, 1.54) is 0 Å². The van der Waals surface area contributed by atoms with Crippen LogP contribution in [0.1, 0.15) is 48.7 Å². The van der Waals surface area contributed by atoms with Crippen LogP contribution in [0.15, 0.2) is 48.9 Å². The number of hydrogen-bond acceptors (Lipinski definition) is 5. The molecule has 1 aliphatic rings. The van der Waals surface area contributed by atoms with E-state index in [-0.39, 0.29) is 17.5 Å². The number of hydrogen-bond donors (Lipinski definition) is 3. The maximum absolute atomic E-state index is 14.1. The van der Waals surface area contributed by atoms with Gasteiger partial charge in [-0.2, -0.15) is 5.10 Å². The summed E-state index contributed by atoms with van der Waals surface area (Å²) >= 11 is 0. The number of nitrogens with zero attached hydrogens (tertiary/aromatic N) is 3. The number of benzene rings is 1. The zero-order chi connectivity index (χ0) is 24.9.